The Morgan fingerprint density at radius 2 is 1.45 bits per heavy atom. The number of anilines is 3. The number of carbonyl (C=O) groups is 2. The van der Waals surface area contributed by atoms with E-state index in [-0.39, 0.29) is 74.0 Å². The molecule has 0 radical (unpaired) electrons. The molecular weight excluding hydrogens is 1170 g/mol. The molecule has 2 saturated heterocycles. The Kier molecular flexibility index (Phi) is 22.8. The molecule has 87 heavy (non-hydrogen) atoms. The molecule has 2 aliphatic heterocycles. The van der Waals surface area contributed by atoms with Gasteiger partial charge in [-0.1, -0.05) is 72.8 Å². The third kappa shape index (κ3) is 16.3. The Balaban J connectivity index is 1.15. The summed E-state index contributed by atoms with van der Waals surface area (Å²) < 4.78 is 86.8. The van der Waals surface area contributed by atoms with Crippen LogP contribution in [-0.2, 0) is 56.6 Å². The van der Waals surface area contributed by atoms with Crippen LogP contribution in [0.3, 0.4) is 0 Å². The van der Waals surface area contributed by atoms with Crippen molar-refractivity contribution in [3.05, 3.63) is 169 Å². The normalized spacial score (nSPS) is 19.5. The van der Waals surface area contributed by atoms with E-state index in [9.17, 15) is 29.2 Å². The highest BCUT2D eigenvalue weighted by Gasteiger charge is 2.49. The van der Waals surface area contributed by atoms with Gasteiger partial charge in [0.05, 0.1) is 52.6 Å². The van der Waals surface area contributed by atoms with Gasteiger partial charge in [-0.2, -0.15) is 10.2 Å². The Hall–Kier alpha value is -7.63. The summed E-state index contributed by atoms with van der Waals surface area (Å²) in [6.45, 7) is 8.29. The first-order valence-electron chi connectivity index (χ1n) is 27.8. The maximum atomic E-state index is 15.2. The molecule has 2 aromatic heterocycles. The average molecular weight is 1240 g/mol. The summed E-state index contributed by atoms with van der Waals surface area (Å²) in [5.74, 6) is 0.387. The van der Waals surface area contributed by atoms with Crippen LogP contribution in [0.5, 0.6) is 17.2 Å². The molecule has 4 aromatic carbocycles. The SMILES string of the molecule is COc1ccc(C(O[C@H]2C[C@H](Nc3nc(NC(=O)COc4ccccc4)[nH]c(=O)c3NC=O)O[C@@H]2COP(=O)(OC)O[C@H]2C[C@H](n3cc(C)c(=O)[nH]c3=O)O[C@@H]2COP(OCCC#N)N(C(C)C)C(C)C)(c2ccccc2)c2ccc(OC)cc2)cc1. The molecule has 28 heteroatoms. The van der Waals surface area contributed by atoms with Gasteiger partial charge in [0.1, 0.15) is 59.3 Å². The standard InChI is InChI=1S/C59H71N9O17P2/c1-37(2)68(38(3)4)86(79-29-15-28-60)80-33-48-47(31-52(83-48)67-32-39(5)55(71)66-58(67)73)85-87(74,77-8)81-34-49-46(84-59(40-16-11-9-12-17-40,41-20-24-43(75-6)25-21-41)42-22-26-44(76-7)27-23-42)30-51(82-49)63-54-53(61-36-69)56(72)65-57(64-54)62-50(70)35-78-45-18-13-10-14-19-45/h9-14,16-27,32,36-38,46-49,51-52H,15,29-31,33-35H2,1-8H3,(H,61,69)(H,66,71,73)(H3,62,63,64,65,70,72)/t46-,47-,48+,49+,51+,52+,86?,87?/m0/s1. The third-order valence-corrected chi connectivity index (χ3v) is 17.5. The largest absolute Gasteiger partial charge is 0.497 e. The fourth-order valence-electron chi connectivity index (χ4n) is 9.99. The summed E-state index contributed by atoms with van der Waals surface area (Å²) in [6.07, 6.45) is -5.12. The zero-order valence-electron chi connectivity index (χ0n) is 49.2. The molecule has 4 heterocycles. The molecule has 0 aliphatic carbocycles. The van der Waals surface area contributed by atoms with Crippen LogP contribution < -0.4 is 47.0 Å². The van der Waals surface area contributed by atoms with Crippen LogP contribution in [-0.4, -0.2) is 127 Å². The lowest BCUT2D eigenvalue weighted by molar-refractivity contribution is -0.118. The number of H-pyrrole nitrogens is 2. The number of aromatic amines is 2. The molecule has 8 rings (SSSR count). The van der Waals surface area contributed by atoms with Gasteiger partial charge in [0.2, 0.25) is 12.4 Å². The molecular formula is C59H71N9O17P2. The highest BCUT2D eigenvalue weighted by atomic mass is 31.2. The smallest absolute Gasteiger partial charge is 0.474 e. The number of benzene rings is 4. The fraction of sp³-hybridized carbons (Fsp3) is 0.407. The van der Waals surface area contributed by atoms with Crippen molar-refractivity contribution in [2.75, 3.05) is 63.7 Å². The number of phosphoric ester groups is 1. The van der Waals surface area contributed by atoms with Crippen molar-refractivity contribution in [1.82, 2.24) is 24.2 Å². The van der Waals surface area contributed by atoms with E-state index in [1.807, 2.05) is 87.0 Å². The predicted molar refractivity (Wildman–Crippen MR) is 320 cm³/mol. The number of nitriles is 1. The van der Waals surface area contributed by atoms with Crippen molar-refractivity contribution in [3.63, 3.8) is 0 Å². The van der Waals surface area contributed by atoms with Gasteiger partial charge in [-0.25, -0.2) is 14.0 Å². The third-order valence-electron chi connectivity index (χ3n) is 14.0. The summed E-state index contributed by atoms with van der Waals surface area (Å²) in [6, 6.07) is 34.6. The maximum absolute atomic E-state index is 15.2. The minimum atomic E-state index is -4.73. The zero-order chi connectivity index (χ0) is 62.3. The van der Waals surface area contributed by atoms with E-state index in [4.69, 9.17) is 51.0 Å². The summed E-state index contributed by atoms with van der Waals surface area (Å²) in [7, 11) is -2.31. The van der Waals surface area contributed by atoms with Crippen LogP contribution in [0.15, 0.2) is 130 Å². The maximum Gasteiger partial charge on any atom is 0.474 e. The first-order chi connectivity index (χ1) is 41.9. The monoisotopic (exact) mass is 1240 g/mol. The van der Waals surface area contributed by atoms with E-state index in [1.165, 1.54) is 17.7 Å². The van der Waals surface area contributed by atoms with Gasteiger partial charge < -0.3 is 48.1 Å². The van der Waals surface area contributed by atoms with Gasteiger partial charge in [0, 0.05) is 43.8 Å². The number of carbonyl (C=O) groups excluding carboxylic acids is 2. The van der Waals surface area contributed by atoms with Gasteiger partial charge >= 0.3 is 13.5 Å². The van der Waals surface area contributed by atoms with Crippen LogP contribution >= 0.6 is 16.3 Å². The summed E-state index contributed by atoms with van der Waals surface area (Å²) in [4.78, 5) is 73.9. The molecule has 2 aliphatic rings. The molecule has 464 valence electrons. The Morgan fingerprint density at radius 3 is 2.05 bits per heavy atom. The van der Waals surface area contributed by atoms with Crippen molar-refractivity contribution in [3.8, 4) is 23.3 Å². The minimum Gasteiger partial charge on any atom is -0.497 e. The molecule has 5 N–H and O–H groups in total. The van der Waals surface area contributed by atoms with Gasteiger partial charge in [0.25, 0.3) is 25.6 Å². The topological polar surface area (TPSA) is 316 Å². The van der Waals surface area contributed by atoms with Gasteiger partial charge in [-0.15, -0.1) is 0 Å². The Morgan fingerprint density at radius 1 is 0.828 bits per heavy atom. The number of rotatable bonds is 31. The number of amides is 2. The van der Waals surface area contributed by atoms with E-state index < -0.39 is 94.8 Å². The number of para-hydroxylation sites is 1. The molecule has 0 bridgehead atoms. The Labute approximate surface area is 503 Å². The van der Waals surface area contributed by atoms with Crippen LogP contribution in [0.4, 0.5) is 17.5 Å². The van der Waals surface area contributed by atoms with Crippen LogP contribution in [0, 0.1) is 18.3 Å². The molecule has 0 saturated carbocycles. The number of hydrogen-bond acceptors (Lipinski definition) is 21. The van der Waals surface area contributed by atoms with E-state index in [0.717, 1.165) is 7.11 Å². The summed E-state index contributed by atoms with van der Waals surface area (Å²) in [5.41, 5.74) is -1.78. The highest BCUT2D eigenvalue weighted by molar-refractivity contribution is 7.48. The molecule has 0 spiro atoms. The quantitative estimate of drug-likeness (QED) is 0.0120. The van der Waals surface area contributed by atoms with E-state index >= 15 is 4.57 Å². The first-order valence-corrected chi connectivity index (χ1v) is 30.4. The molecule has 2 amide bonds. The second-order valence-corrected chi connectivity index (χ2v) is 23.7. The Bertz CT molecular complexity index is 3460. The summed E-state index contributed by atoms with van der Waals surface area (Å²) >= 11 is 0. The lowest BCUT2D eigenvalue weighted by Gasteiger charge is -2.39. The number of aryl methyl sites for hydroxylation is 1. The molecule has 26 nitrogen and oxygen atoms in total. The predicted octanol–water partition coefficient (Wildman–Crippen LogP) is 7.87. The molecule has 6 aromatic rings. The first kappa shape index (κ1) is 65.3. The molecule has 2 fully saturated rings. The number of nitrogens with zero attached hydrogens (tertiary/aromatic N) is 4. The zero-order valence-corrected chi connectivity index (χ0v) is 51.0. The van der Waals surface area contributed by atoms with Crippen molar-refractivity contribution >= 4 is 46.1 Å². The number of phosphoric acid groups is 1. The molecule has 2 unspecified atom stereocenters. The van der Waals surface area contributed by atoms with Crippen LogP contribution in [0.25, 0.3) is 0 Å². The lowest BCUT2D eigenvalue weighted by Crippen LogP contribution is -2.41. The van der Waals surface area contributed by atoms with Gasteiger partial charge in [-0.05, 0) is 87.7 Å². The van der Waals surface area contributed by atoms with E-state index in [0.29, 0.717) is 33.9 Å². The fourth-order valence-corrected chi connectivity index (χ4v) is 12.7. The van der Waals surface area contributed by atoms with Crippen molar-refractivity contribution in [2.24, 2.45) is 0 Å². The highest BCUT2D eigenvalue weighted by Crippen LogP contribution is 2.54. The lowest BCUT2D eigenvalue weighted by atomic mass is 9.79. The van der Waals surface area contributed by atoms with Gasteiger partial charge in [0.15, 0.2) is 12.4 Å². The number of aromatic nitrogens is 4. The number of hydrogen-bond donors (Lipinski definition) is 5. The van der Waals surface area contributed by atoms with Crippen LogP contribution in [0.1, 0.15) is 75.4 Å². The summed E-state index contributed by atoms with van der Waals surface area (Å²) in [5, 5.41) is 17.4. The van der Waals surface area contributed by atoms with Crippen molar-refractivity contribution in [1.29, 1.82) is 5.26 Å². The van der Waals surface area contributed by atoms with Crippen molar-refractivity contribution in [2.45, 2.75) is 108 Å². The number of methoxy groups -OCH3 is 2. The number of nitrogens with one attached hydrogen (secondary N) is 5. The second-order valence-electron chi connectivity index (χ2n) is 20.5. The van der Waals surface area contributed by atoms with E-state index in [1.54, 1.807) is 68.8 Å². The minimum absolute atomic E-state index is 0.0528. The second kappa shape index (κ2) is 30.3. The van der Waals surface area contributed by atoms with Crippen LogP contribution in [0.2, 0.25) is 0 Å². The molecule has 8 atom stereocenters. The van der Waals surface area contributed by atoms with E-state index in [2.05, 4.69) is 37.0 Å². The van der Waals surface area contributed by atoms with Gasteiger partial charge in [-0.3, -0.25) is 52.6 Å². The number of ether oxygens (including phenoxy) is 6. The average Bonchev–Trinajstić information content (AvgIpc) is 2.06. The van der Waals surface area contributed by atoms with Crippen molar-refractivity contribution < 1.29 is 65.2 Å².